The summed E-state index contributed by atoms with van der Waals surface area (Å²) in [5.74, 6) is 0.785. The summed E-state index contributed by atoms with van der Waals surface area (Å²) in [5, 5.41) is 6.39. The van der Waals surface area contributed by atoms with Crippen LogP contribution in [0.25, 0.3) is 15.9 Å². The van der Waals surface area contributed by atoms with Crippen molar-refractivity contribution >= 4 is 39.1 Å². The maximum atomic E-state index is 13.3. The number of rotatable bonds is 4. The van der Waals surface area contributed by atoms with Crippen LogP contribution in [0.15, 0.2) is 30.3 Å². The third kappa shape index (κ3) is 4.83. The van der Waals surface area contributed by atoms with Crippen molar-refractivity contribution in [2.24, 2.45) is 5.92 Å². The van der Waals surface area contributed by atoms with Gasteiger partial charge in [0.05, 0.1) is 28.5 Å². The number of morpholine rings is 1. The number of likely N-dealkylation sites (tertiary alicyclic amines) is 1. The van der Waals surface area contributed by atoms with Crippen LogP contribution in [0, 0.1) is 12.8 Å². The van der Waals surface area contributed by atoms with Crippen LogP contribution in [-0.2, 0) is 4.74 Å². The van der Waals surface area contributed by atoms with E-state index < -0.39 is 0 Å². The molecule has 4 heterocycles. The van der Waals surface area contributed by atoms with E-state index in [4.69, 9.17) is 16.3 Å². The van der Waals surface area contributed by atoms with Gasteiger partial charge in [0.1, 0.15) is 4.83 Å². The summed E-state index contributed by atoms with van der Waals surface area (Å²) in [6.07, 6.45) is 2.72. The van der Waals surface area contributed by atoms with Gasteiger partial charge < -0.3 is 9.64 Å². The Kier molecular flexibility index (Phi) is 6.49. The summed E-state index contributed by atoms with van der Waals surface area (Å²) in [4.78, 5) is 19.7. The largest absolute Gasteiger partial charge is 0.373 e. The number of carbonyl (C=O) groups is 1. The second-order valence-electron chi connectivity index (χ2n) is 9.52. The third-order valence-corrected chi connectivity index (χ3v) is 8.06. The minimum atomic E-state index is 0.139. The number of thiophene rings is 1. The van der Waals surface area contributed by atoms with Crippen molar-refractivity contribution in [2.75, 3.05) is 32.7 Å². The lowest BCUT2D eigenvalue weighted by molar-refractivity contribution is -0.0728. The average molecular weight is 487 g/mol. The fourth-order valence-corrected chi connectivity index (χ4v) is 6.54. The van der Waals surface area contributed by atoms with E-state index >= 15 is 0 Å². The molecule has 1 aromatic carbocycles. The zero-order valence-corrected chi connectivity index (χ0v) is 21.0. The highest BCUT2D eigenvalue weighted by molar-refractivity contribution is 7.20. The van der Waals surface area contributed by atoms with Gasteiger partial charge >= 0.3 is 0 Å². The minimum absolute atomic E-state index is 0.139. The van der Waals surface area contributed by atoms with Crippen molar-refractivity contribution < 1.29 is 9.53 Å². The highest BCUT2D eigenvalue weighted by atomic mass is 35.5. The van der Waals surface area contributed by atoms with Crippen molar-refractivity contribution in [1.82, 2.24) is 19.6 Å². The fraction of sp³-hybridized carbons (Fsp3) is 0.520. The number of halogens is 1. The van der Waals surface area contributed by atoms with Crippen molar-refractivity contribution in [3.63, 3.8) is 0 Å². The van der Waals surface area contributed by atoms with E-state index in [1.807, 2.05) is 46.8 Å². The number of nitrogens with zero attached hydrogens (tertiary/aromatic N) is 4. The molecule has 2 saturated heterocycles. The number of ether oxygens (including phenoxy) is 1. The lowest BCUT2D eigenvalue weighted by atomic mass is 9.95. The van der Waals surface area contributed by atoms with Crippen LogP contribution in [0.3, 0.4) is 0 Å². The molecule has 5 rings (SSSR count). The van der Waals surface area contributed by atoms with E-state index in [0.29, 0.717) is 23.1 Å². The zero-order valence-electron chi connectivity index (χ0n) is 19.5. The van der Waals surface area contributed by atoms with Gasteiger partial charge in [0.15, 0.2) is 0 Å². The Balaban J connectivity index is 1.26. The maximum absolute atomic E-state index is 13.3. The van der Waals surface area contributed by atoms with Crippen molar-refractivity contribution in [3.05, 3.63) is 45.9 Å². The average Bonchev–Trinajstić information content (AvgIpc) is 3.34. The van der Waals surface area contributed by atoms with E-state index in [1.54, 1.807) is 0 Å². The van der Waals surface area contributed by atoms with Crippen LogP contribution in [0.2, 0.25) is 5.02 Å². The number of hydrogen-bond acceptors (Lipinski definition) is 5. The normalized spacial score (nSPS) is 22.8. The zero-order chi connectivity index (χ0) is 23.1. The molecule has 0 aliphatic carbocycles. The van der Waals surface area contributed by atoms with Gasteiger partial charge in [-0.15, -0.1) is 11.3 Å². The van der Waals surface area contributed by atoms with Crippen LogP contribution in [0.5, 0.6) is 0 Å². The first kappa shape index (κ1) is 22.8. The molecule has 2 unspecified atom stereocenters. The molecule has 3 aromatic rings. The Labute approximate surface area is 204 Å². The van der Waals surface area contributed by atoms with Gasteiger partial charge in [-0.2, -0.15) is 5.10 Å². The van der Waals surface area contributed by atoms with E-state index in [0.717, 1.165) is 72.0 Å². The summed E-state index contributed by atoms with van der Waals surface area (Å²) in [6.45, 7) is 11.1. The number of piperidine rings is 1. The van der Waals surface area contributed by atoms with Crippen molar-refractivity contribution in [2.45, 2.75) is 45.8 Å². The number of fused-ring (bicyclic) bond motifs is 1. The summed E-state index contributed by atoms with van der Waals surface area (Å²) >= 11 is 7.71. The lowest BCUT2D eigenvalue weighted by Gasteiger charge is -2.39. The topological polar surface area (TPSA) is 50.6 Å². The Bertz CT molecular complexity index is 1140. The quantitative estimate of drug-likeness (QED) is 0.520. The molecule has 0 saturated carbocycles. The molecule has 176 valence electrons. The molecular weight excluding hydrogens is 456 g/mol. The molecule has 0 N–H and O–H groups in total. The number of amides is 1. The van der Waals surface area contributed by atoms with E-state index in [9.17, 15) is 4.79 Å². The molecular formula is C25H31ClN4O2S. The minimum Gasteiger partial charge on any atom is -0.373 e. The summed E-state index contributed by atoms with van der Waals surface area (Å²) in [7, 11) is 0. The highest BCUT2D eigenvalue weighted by Crippen LogP contribution is 2.32. The molecule has 0 radical (unpaired) electrons. The first-order valence-corrected chi connectivity index (χ1v) is 13.0. The standard InChI is InChI=1S/C25H31ClN4O2S/c1-16-13-28(14-17(2)32-16)15-19-7-9-29(10-8-19)24(31)23-12-22-18(3)27-30(25(22)33-23)21-6-4-5-20(26)11-21/h4-6,11-12,16-17,19H,7-10,13-15H2,1-3H3. The molecule has 8 heteroatoms. The molecule has 33 heavy (non-hydrogen) atoms. The molecule has 2 aliphatic heterocycles. The Morgan fingerprint density at radius 2 is 1.91 bits per heavy atom. The summed E-state index contributed by atoms with van der Waals surface area (Å²) in [6, 6.07) is 9.66. The fourth-order valence-electron chi connectivity index (χ4n) is 5.21. The third-order valence-electron chi connectivity index (χ3n) is 6.72. The summed E-state index contributed by atoms with van der Waals surface area (Å²) in [5.41, 5.74) is 1.84. The van der Waals surface area contributed by atoms with Gasteiger partial charge in [-0.05, 0) is 63.8 Å². The van der Waals surface area contributed by atoms with Gasteiger partial charge in [-0.3, -0.25) is 9.69 Å². The van der Waals surface area contributed by atoms with Gasteiger partial charge in [-0.25, -0.2) is 4.68 Å². The first-order chi connectivity index (χ1) is 15.9. The maximum Gasteiger partial charge on any atom is 0.264 e. The number of benzene rings is 1. The predicted octanol–water partition coefficient (Wildman–Crippen LogP) is 5.01. The molecule has 2 aliphatic rings. The Hall–Kier alpha value is -1.93. The molecule has 0 spiro atoms. The number of carbonyl (C=O) groups excluding carboxylic acids is 1. The number of aromatic nitrogens is 2. The molecule has 6 nitrogen and oxygen atoms in total. The molecule has 1 amide bonds. The molecule has 2 aromatic heterocycles. The Morgan fingerprint density at radius 1 is 1.18 bits per heavy atom. The van der Waals surface area contributed by atoms with Gasteiger partial charge in [0, 0.05) is 43.1 Å². The molecule has 0 bridgehead atoms. The SMILES string of the molecule is Cc1nn(-c2cccc(Cl)c2)c2sc(C(=O)N3CCC(CN4CC(C)OC(C)C4)CC3)cc12. The second kappa shape index (κ2) is 9.37. The first-order valence-electron chi connectivity index (χ1n) is 11.8. The van der Waals surface area contributed by atoms with Crippen LogP contribution in [-0.4, -0.2) is 70.4 Å². The second-order valence-corrected chi connectivity index (χ2v) is 11.0. The predicted molar refractivity (Wildman–Crippen MR) is 134 cm³/mol. The molecule has 2 atom stereocenters. The Morgan fingerprint density at radius 3 is 2.61 bits per heavy atom. The monoisotopic (exact) mass is 486 g/mol. The van der Waals surface area contributed by atoms with E-state index in [-0.39, 0.29) is 5.91 Å². The number of aryl methyl sites for hydroxylation is 1. The molecule has 2 fully saturated rings. The smallest absolute Gasteiger partial charge is 0.264 e. The highest BCUT2D eigenvalue weighted by Gasteiger charge is 2.29. The lowest BCUT2D eigenvalue weighted by Crippen LogP contribution is -2.48. The van der Waals surface area contributed by atoms with Gasteiger partial charge in [0.25, 0.3) is 5.91 Å². The van der Waals surface area contributed by atoms with Gasteiger partial charge in [-0.1, -0.05) is 17.7 Å². The van der Waals surface area contributed by atoms with E-state index in [1.165, 1.54) is 11.3 Å². The van der Waals surface area contributed by atoms with E-state index in [2.05, 4.69) is 23.8 Å². The van der Waals surface area contributed by atoms with Crippen molar-refractivity contribution in [1.29, 1.82) is 0 Å². The van der Waals surface area contributed by atoms with Crippen LogP contribution >= 0.6 is 22.9 Å². The van der Waals surface area contributed by atoms with Crippen LogP contribution in [0.1, 0.15) is 42.1 Å². The van der Waals surface area contributed by atoms with Crippen molar-refractivity contribution in [3.8, 4) is 5.69 Å². The number of hydrogen-bond donors (Lipinski definition) is 0. The van der Waals surface area contributed by atoms with Gasteiger partial charge in [0.2, 0.25) is 0 Å². The summed E-state index contributed by atoms with van der Waals surface area (Å²) < 4.78 is 7.76. The van der Waals surface area contributed by atoms with Crippen LogP contribution in [0.4, 0.5) is 0 Å². The van der Waals surface area contributed by atoms with Crippen LogP contribution < -0.4 is 0 Å².